The highest BCUT2D eigenvalue weighted by molar-refractivity contribution is 6.12. The van der Waals surface area contributed by atoms with Crippen molar-refractivity contribution in [3.05, 3.63) is 24.4 Å². The van der Waals surface area contributed by atoms with Crippen molar-refractivity contribution in [1.82, 2.24) is 15.5 Å². The van der Waals surface area contributed by atoms with E-state index in [4.69, 9.17) is 5.11 Å². The zero-order valence-electron chi connectivity index (χ0n) is 15.6. The molecule has 0 aliphatic carbocycles. The van der Waals surface area contributed by atoms with Crippen molar-refractivity contribution in [3.63, 3.8) is 0 Å². The molecule has 4 N–H and O–H groups in total. The minimum Gasteiger partial charge on any atom is -0.396 e. The normalized spacial score (nSPS) is 15.5. The van der Waals surface area contributed by atoms with E-state index in [1.165, 1.54) is 17.1 Å². The van der Waals surface area contributed by atoms with Gasteiger partial charge in [0.15, 0.2) is 0 Å². The maximum Gasteiger partial charge on any atom is 0.253 e. The fourth-order valence-corrected chi connectivity index (χ4v) is 2.21. The SMILES string of the molecule is CC(C)(CO)C(O)C(=O)NC=CC(=O)NCCCCCN1C(=O)C=CC1=O. The molecule has 0 aromatic rings. The fraction of sp³-hybridized carbons (Fsp3) is 0.556. The van der Waals surface area contributed by atoms with E-state index in [0.29, 0.717) is 25.9 Å². The van der Waals surface area contributed by atoms with E-state index in [1.807, 2.05) is 0 Å². The highest BCUT2D eigenvalue weighted by Gasteiger charge is 2.32. The lowest BCUT2D eigenvalue weighted by Gasteiger charge is -2.26. The number of aliphatic hydroxyl groups is 2. The van der Waals surface area contributed by atoms with Gasteiger partial charge in [-0.05, 0) is 19.3 Å². The summed E-state index contributed by atoms with van der Waals surface area (Å²) in [6, 6.07) is 0. The summed E-state index contributed by atoms with van der Waals surface area (Å²) in [5, 5.41) is 23.8. The van der Waals surface area contributed by atoms with Gasteiger partial charge < -0.3 is 20.8 Å². The molecule has 1 unspecified atom stereocenters. The number of unbranched alkanes of at least 4 members (excludes halogenated alkanes) is 2. The Labute approximate surface area is 158 Å². The average molecular weight is 381 g/mol. The highest BCUT2D eigenvalue weighted by atomic mass is 16.3. The van der Waals surface area contributed by atoms with Crippen molar-refractivity contribution in [3.8, 4) is 0 Å². The molecule has 1 aliphatic rings. The number of carbonyl (C=O) groups excluding carboxylic acids is 4. The maximum absolute atomic E-state index is 11.7. The Morgan fingerprint density at radius 3 is 2.41 bits per heavy atom. The topological polar surface area (TPSA) is 136 Å². The van der Waals surface area contributed by atoms with Gasteiger partial charge in [-0.1, -0.05) is 13.8 Å². The lowest BCUT2D eigenvalue weighted by molar-refractivity contribution is -0.137. The van der Waals surface area contributed by atoms with Crippen LogP contribution in [0.5, 0.6) is 0 Å². The number of carbonyl (C=O) groups is 4. The van der Waals surface area contributed by atoms with Crippen LogP contribution < -0.4 is 10.6 Å². The second-order valence-corrected chi connectivity index (χ2v) is 6.90. The first-order valence-electron chi connectivity index (χ1n) is 8.76. The third kappa shape index (κ3) is 7.32. The first-order chi connectivity index (χ1) is 12.7. The Kier molecular flexibility index (Phi) is 8.83. The molecule has 0 saturated carbocycles. The van der Waals surface area contributed by atoms with Crippen LogP contribution in [-0.2, 0) is 19.2 Å². The zero-order valence-corrected chi connectivity index (χ0v) is 15.6. The summed E-state index contributed by atoms with van der Waals surface area (Å²) >= 11 is 0. The van der Waals surface area contributed by atoms with Crippen LogP contribution in [0.4, 0.5) is 0 Å². The fourth-order valence-electron chi connectivity index (χ4n) is 2.21. The van der Waals surface area contributed by atoms with Crippen LogP contribution in [0.25, 0.3) is 0 Å². The Morgan fingerprint density at radius 1 is 1.19 bits per heavy atom. The first-order valence-corrected chi connectivity index (χ1v) is 8.76. The minimum absolute atomic E-state index is 0.298. The summed E-state index contributed by atoms with van der Waals surface area (Å²) < 4.78 is 0. The largest absolute Gasteiger partial charge is 0.396 e. The molecule has 1 atom stereocenters. The van der Waals surface area contributed by atoms with Crippen LogP contribution in [0.1, 0.15) is 33.1 Å². The summed E-state index contributed by atoms with van der Waals surface area (Å²) in [6.45, 7) is 3.50. The summed E-state index contributed by atoms with van der Waals surface area (Å²) in [4.78, 5) is 47.2. The molecule has 150 valence electrons. The summed E-state index contributed by atoms with van der Waals surface area (Å²) in [5.74, 6) is -1.71. The smallest absolute Gasteiger partial charge is 0.253 e. The van der Waals surface area contributed by atoms with Crippen LogP contribution >= 0.6 is 0 Å². The van der Waals surface area contributed by atoms with E-state index in [9.17, 15) is 24.3 Å². The number of hydrogen-bond acceptors (Lipinski definition) is 6. The molecular weight excluding hydrogens is 354 g/mol. The minimum atomic E-state index is -1.40. The number of nitrogens with zero attached hydrogens (tertiary/aromatic N) is 1. The van der Waals surface area contributed by atoms with E-state index < -0.39 is 23.3 Å². The van der Waals surface area contributed by atoms with Crippen LogP contribution in [0, 0.1) is 5.41 Å². The summed E-state index contributed by atoms with van der Waals surface area (Å²) in [6.07, 6.45) is 5.42. The number of amides is 4. The zero-order chi connectivity index (χ0) is 20.4. The number of nitrogens with one attached hydrogen (secondary N) is 2. The molecule has 4 amide bonds. The Hall–Kier alpha value is -2.52. The number of rotatable bonds is 11. The molecule has 1 heterocycles. The first kappa shape index (κ1) is 22.5. The van der Waals surface area contributed by atoms with Crippen molar-refractivity contribution >= 4 is 23.6 Å². The van der Waals surface area contributed by atoms with Crippen molar-refractivity contribution in [2.45, 2.75) is 39.2 Å². The summed E-state index contributed by atoms with van der Waals surface area (Å²) in [5.41, 5.74) is -0.986. The predicted molar refractivity (Wildman–Crippen MR) is 96.9 cm³/mol. The molecule has 9 heteroatoms. The molecule has 9 nitrogen and oxygen atoms in total. The second-order valence-electron chi connectivity index (χ2n) is 6.90. The molecule has 1 aliphatic heterocycles. The van der Waals surface area contributed by atoms with Crippen LogP contribution in [0.15, 0.2) is 24.4 Å². The van der Waals surface area contributed by atoms with E-state index in [2.05, 4.69) is 10.6 Å². The van der Waals surface area contributed by atoms with E-state index >= 15 is 0 Å². The number of imide groups is 1. The van der Waals surface area contributed by atoms with Crippen LogP contribution in [-0.4, -0.2) is 64.5 Å². The summed E-state index contributed by atoms with van der Waals surface area (Å²) in [7, 11) is 0. The molecule has 0 bridgehead atoms. The van der Waals surface area contributed by atoms with Gasteiger partial charge in [-0.2, -0.15) is 0 Å². The molecule has 0 fully saturated rings. The molecule has 0 spiro atoms. The van der Waals surface area contributed by atoms with Gasteiger partial charge in [0.1, 0.15) is 6.10 Å². The van der Waals surface area contributed by atoms with E-state index in [-0.39, 0.29) is 18.4 Å². The van der Waals surface area contributed by atoms with Gasteiger partial charge in [-0.15, -0.1) is 0 Å². The van der Waals surface area contributed by atoms with Crippen molar-refractivity contribution < 1.29 is 29.4 Å². The van der Waals surface area contributed by atoms with Crippen molar-refractivity contribution in [2.24, 2.45) is 5.41 Å². The van der Waals surface area contributed by atoms with Gasteiger partial charge in [0.05, 0.1) is 6.61 Å². The Morgan fingerprint density at radius 2 is 1.81 bits per heavy atom. The van der Waals surface area contributed by atoms with Crippen molar-refractivity contribution in [1.29, 1.82) is 0 Å². The predicted octanol–water partition coefficient (Wildman–Crippen LogP) is -0.793. The lowest BCUT2D eigenvalue weighted by Crippen LogP contribution is -2.44. The van der Waals surface area contributed by atoms with Gasteiger partial charge in [0.25, 0.3) is 17.7 Å². The molecule has 0 aromatic heterocycles. The molecule has 0 radical (unpaired) electrons. The lowest BCUT2D eigenvalue weighted by atomic mass is 9.87. The molecule has 0 saturated heterocycles. The third-order valence-corrected chi connectivity index (χ3v) is 4.11. The van der Waals surface area contributed by atoms with Crippen LogP contribution in [0.2, 0.25) is 0 Å². The van der Waals surface area contributed by atoms with Gasteiger partial charge in [0.2, 0.25) is 5.91 Å². The number of hydrogen-bond donors (Lipinski definition) is 4. The molecular formula is C18H27N3O6. The molecule has 0 aromatic carbocycles. The van der Waals surface area contributed by atoms with Gasteiger partial charge in [-0.3, -0.25) is 24.1 Å². The average Bonchev–Trinajstić information content (AvgIpc) is 2.95. The molecule has 27 heavy (non-hydrogen) atoms. The highest BCUT2D eigenvalue weighted by Crippen LogP contribution is 2.19. The number of aliphatic hydroxyl groups excluding tert-OH is 2. The van der Waals surface area contributed by atoms with Crippen molar-refractivity contribution in [2.75, 3.05) is 19.7 Å². The molecule has 1 rings (SSSR count). The van der Waals surface area contributed by atoms with Gasteiger partial charge in [0, 0.05) is 42.9 Å². The van der Waals surface area contributed by atoms with E-state index in [1.54, 1.807) is 13.8 Å². The second kappa shape index (κ2) is 10.6. The quantitative estimate of drug-likeness (QED) is 0.210. The van der Waals surface area contributed by atoms with Gasteiger partial charge in [-0.25, -0.2) is 0 Å². The monoisotopic (exact) mass is 381 g/mol. The van der Waals surface area contributed by atoms with Crippen LogP contribution in [0.3, 0.4) is 0 Å². The standard InChI is InChI=1S/C18H27N3O6/c1-18(2,12-22)16(26)17(27)20-10-8-13(23)19-9-4-3-5-11-21-14(24)6-7-15(21)25/h6-8,10,16,22,26H,3-5,9,11-12H2,1-2H3,(H,19,23)(H,20,27). The Bertz CT molecular complexity index is 609. The maximum atomic E-state index is 11.7. The van der Waals surface area contributed by atoms with E-state index in [0.717, 1.165) is 18.7 Å². The Balaban J connectivity index is 2.15. The van der Waals surface area contributed by atoms with Gasteiger partial charge >= 0.3 is 0 Å². The third-order valence-electron chi connectivity index (χ3n) is 4.11.